The quantitative estimate of drug-likeness (QED) is 0.176. The monoisotopic (exact) mass is 664 g/mol. The van der Waals surface area contributed by atoms with E-state index >= 15 is 0 Å². The van der Waals surface area contributed by atoms with Crippen molar-refractivity contribution < 1.29 is 2.85 Å². The molecular weight excluding hydrogens is 605 g/mol. The third-order valence-corrected chi connectivity index (χ3v) is 10.4. The first-order valence-electron chi connectivity index (χ1n) is 16.9. The van der Waals surface area contributed by atoms with Crippen molar-refractivity contribution in [2.45, 2.75) is 91.1 Å². The smallest absolute Gasteiger partial charge is 0.0710 e. The van der Waals surface area contributed by atoms with Gasteiger partial charge in [0.25, 0.3) is 0 Å². The minimum absolute atomic E-state index is 0. The van der Waals surface area contributed by atoms with Crippen molar-refractivity contribution in [2.24, 2.45) is 0 Å². The van der Waals surface area contributed by atoms with Crippen LogP contribution in [-0.4, -0.2) is 50.2 Å². The van der Waals surface area contributed by atoms with Crippen molar-refractivity contribution in [2.75, 3.05) is 50.1 Å². The maximum atomic E-state index is 4.75. The molecule has 0 aliphatic carbocycles. The molecule has 0 saturated carbocycles. The van der Waals surface area contributed by atoms with Gasteiger partial charge >= 0.3 is 0 Å². The molecule has 6 nitrogen and oxygen atoms in total. The predicted octanol–water partition coefficient (Wildman–Crippen LogP) is 9.32. The van der Waals surface area contributed by atoms with Crippen molar-refractivity contribution in [1.82, 2.24) is 20.6 Å². The Morgan fingerprint density at radius 3 is 1.46 bits per heavy atom. The fourth-order valence-corrected chi connectivity index (χ4v) is 8.23. The Morgan fingerprint density at radius 2 is 1.13 bits per heavy atom. The molecule has 2 aliphatic rings. The number of hydrogen-bond acceptors (Lipinski definition) is 8. The van der Waals surface area contributed by atoms with Crippen LogP contribution in [0.15, 0.2) is 58.2 Å². The summed E-state index contributed by atoms with van der Waals surface area (Å²) in [6.45, 7) is 21.6. The Balaban J connectivity index is 0.000000305. The van der Waals surface area contributed by atoms with Crippen LogP contribution in [0.4, 0.5) is 11.4 Å². The van der Waals surface area contributed by atoms with Gasteiger partial charge < -0.3 is 20.4 Å². The van der Waals surface area contributed by atoms with Crippen molar-refractivity contribution in [3.63, 3.8) is 0 Å². The summed E-state index contributed by atoms with van der Waals surface area (Å²) in [6, 6.07) is 9.97. The topological polar surface area (TPSA) is 56.3 Å². The molecule has 46 heavy (non-hydrogen) atoms. The van der Waals surface area contributed by atoms with Gasteiger partial charge in [-0.1, -0.05) is 41.5 Å². The third kappa shape index (κ3) is 8.01. The Bertz CT molecular complexity index is 1390. The maximum Gasteiger partial charge on any atom is 0.0710 e. The molecule has 6 rings (SSSR count). The summed E-state index contributed by atoms with van der Waals surface area (Å²) in [7, 11) is 4.05. The van der Waals surface area contributed by atoms with Crippen LogP contribution in [0.3, 0.4) is 0 Å². The zero-order chi connectivity index (χ0) is 33.5. The maximum absolute atomic E-state index is 4.75. The van der Waals surface area contributed by atoms with Crippen molar-refractivity contribution in [3.05, 3.63) is 91.8 Å². The summed E-state index contributed by atoms with van der Waals surface area (Å²) in [4.78, 5) is 14.6. The van der Waals surface area contributed by atoms with E-state index in [1.54, 1.807) is 22.7 Å². The Kier molecular flexibility index (Phi) is 12.4. The Labute approximate surface area is 289 Å². The lowest BCUT2D eigenvalue weighted by Crippen LogP contribution is -2.33. The van der Waals surface area contributed by atoms with E-state index in [9.17, 15) is 0 Å². The van der Waals surface area contributed by atoms with Gasteiger partial charge in [-0.3, -0.25) is 9.97 Å². The third-order valence-electron chi connectivity index (χ3n) is 8.98. The molecule has 0 bridgehead atoms. The molecule has 0 unspecified atom stereocenters. The first kappa shape index (κ1) is 36.1. The molecule has 0 fully saturated rings. The fourth-order valence-electron chi connectivity index (χ4n) is 6.81. The van der Waals surface area contributed by atoms with E-state index in [1.165, 1.54) is 45.0 Å². The second-order valence-electron chi connectivity index (χ2n) is 13.7. The molecule has 4 aromatic heterocycles. The molecule has 6 heterocycles. The first-order chi connectivity index (χ1) is 22.1. The fraction of sp³-hybridized carbons (Fsp3) is 0.526. The number of nitrogens with zero attached hydrogens (tertiary/aromatic N) is 4. The highest BCUT2D eigenvalue weighted by Gasteiger charge is 2.41. The lowest BCUT2D eigenvalue weighted by atomic mass is 9.91. The van der Waals surface area contributed by atoms with Gasteiger partial charge in [-0.25, -0.2) is 0 Å². The number of anilines is 2. The van der Waals surface area contributed by atoms with E-state index in [0.29, 0.717) is 12.1 Å². The van der Waals surface area contributed by atoms with Crippen LogP contribution in [0, 0.1) is 13.8 Å². The van der Waals surface area contributed by atoms with Gasteiger partial charge in [0.05, 0.1) is 34.8 Å². The first-order valence-corrected chi connectivity index (χ1v) is 18.7. The molecule has 0 aromatic carbocycles. The molecule has 0 amide bonds. The number of aryl methyl sites for hydroxylation is 2. The summed E-state index contributed by atoms with van der Waals surface area (Å²) in [5, 5.41) is 15.5. The van der Waals surface area contributed by atoms with E-state index in [0.717, 1.165) is 39.0 Å². The second kappa shape index (κ2) is 15.9. The molecular formula is C38H60N6S2. The molecule has 8 heteroatoms. The van der Waals surface area contributed by atoms with E-state index < -0.39 is 0 Å². The minimum atomic E-state index is 0. The largest absolute Gasteiger partial charge is 0.362 e. The Hall–Kier alpha value is -2.78. The van der Waals surface area contributed by atoms with E-state index in [2.05, 4.69) is 108 Å². The van der Waals surface area contributed by atoms with Crippen LogP contribution in [0.1, 0.15) is 103 Å². The zero-order valence-corrected chi connectivity index (χ0v) is 31.4. The van der Waals surface area contributed by atoms with Crippen molar-refractivity contribution in [3.8, 4) is 0 Å². The lowest BCUT2D eigenvalue weighted by molar-refractivity contribution is 0.491. The number of thiophene rings is 2. The Morgan fingerprint density at radius 1 is 0.739 bits per heavy atom. The standard InChI is InChI=1S/2C18H25N3S.C2H6.2H2/c2*1-13-9-16-17(20-10-13)18(2,3)12-21(16)15(5-7-19-4)14-6-8-22-11-14;1-2;;/h2*6,8-11,15,19H,5,7,12H2,1-4H3;1-2H3;2*1H/t2*15-;;;/m10.../s1. The van der Waals surface area contributed by atoms with Crippen LogP contribution in [0.2, 0.25) is 0 Å². The molecule has 2 aliphatic heterocycles. The van der Waals surface area contributed by atoms with E-state index in [-0.39, 0.29) is 13.7 Å². The van der Waals surface area contributed by atoms with Gasteiger partial charge in [-0.05, 0) is 122 Å². The van der Waals surface area contributed by atoms with Gasteiger partial charge in [0.2, 0.25) is 0 Å². The molecule has 2 N–H and O–H groups in total. The number of nitrogens with one attached hydrogen (secondary N) is 2. The molecule has 2 atom stereocenters. The average Bonchev–Trinajstić information content (AvgIpc) is 3.84. The number of aromatic nitrogens is 2. The minimum Gasteiger partial charge on any atom is -0.362 e. The highest BCUT2D eigenvalue weighted by molar-refractivity contribution is 7.08. The SMILES string of the molecule is CC.CNCC[C@@H](c1ccsc1)N1CC(C)(C)c2ncc(C)cc21.CNCC[C@H](c1ccsc1)N1CC(C)(C)c2ncc(C)cc21.[HH].[HH]. The summed E-state index contributed by atoms with van der Waals surface area (Å²) in [5.74, 6) is 0. The molecule has 0 radical (unpaired) electrons. The van der Waals surface area contributed by atoms with Gasteiger partial charge in [0, 0.05) is 39.2 Å². The van der Waals surface area contributed by atoms with Gasteiger partial charge in [-0.2, -0.15) is 22.7 Å². The predicted molar refractivity (Wildman–Crippen MR) is 205 cm³/mol. The zero-order valence-electron chi connectivity index (χ0n) is 29.8. The summed E-state index contributed by atoms with van der Waals surface area (Å²) >= 11 is 3.56. The van der Waals surface area contributed by atoms with Crippen LogP contribution >= 0.6 is 22.7 Å². The van der Waals surface area contributed by atoms with E-state index in [4.69, 9.17) is 9.97 Å². The van der Waals surface area contributed by atoms with Crippen LogP contribution in [-0.2, 0) is 10.8 Å². The lowest BCUT2D eigenvalue weighted by Gasteiger charge is -2.31. The number of hydrogen-bond donors (Lipinski definition) is 2. The molecule has 254 valence electrons. The van der Waals surface area contributed by atoms with Crippen molar-refractivity contribution in [1.29, 1.82) is 0 Å². The van der Waals surface area contributed by atoms with Crippen LogP contribution < -0.4 is 20.4 Å². The van der Waals surface area contributed by atoms with Gasteiger partial charge in [0.1, 0.15) is 0 Å². The molecule has 0 saturated heterocycles. The van der Waals surface area contributed by atoms with Crippen LogP contribution in [0.25, 0.3) is 0 Å². The molecule has 0 spiro atoms. The van der Waals surface area contributed by atoms with Gasteiger partial charge in [-0.15, -0.1) is 0 Å². The second-order valence-corrected chi connectivity index (χ2v) is 15.3. The van der Waals surface area contributed by atoms with Crippen LogP contribution in [0.5, 0.6) is 0 Å². The number of fused-ring (bicyclic) bond motifs is 2. The van der Waals surface area contributed by atoms with Gasteiger partial charge in [0.15, 0.2) is 0 Å². The number of pyridine rings is 2. The van der Waals surface area contributed by atoms with Crippen molar-refractivity contribution >= 4 is 34.0 Å². The highest BCUT2D eigenvalue weighted by atomic mass is 32.1. The summed E-state index contributed by atoms with van der Waals surface area (Å²) in [5.41, 5.74) is 10.6. The summed E-state index contributed by atoms with van der Waals surface area (Å²) < 4.78 is 0. The summed E-state index contributed by atoms with van der Waals surface area (Å²) in [6.07, 6.45) is 6.21. The molecule has 4 aromatic rings. The highest BCUT2D eigenvalue weighted by Crippen LogP contribution is 2.46. The number of rotatable bonds is 10. The average molecular weight is 665 g/mol. The van der Waals surface area contributed by atoms with E-state index in [1.807, 2.05) is 40.3 Å². The normalized spacial score (nSPS) is 16.9.